The molecule has 1 aromatic carbocycles. The number of hydrogen-bond acceptors (Lipinski definition) is 3. The molecule has 0 saturated carbocycles. The van der Waals surface area contributed by atoms with E-state index in [1.54, 1.807) is 18.3 Å². The molecule has 5 heteroatoms. The fourth-order valence-corrected chi connectivity index (χ4v) is 1.92. The molecule has 0 saturated heterocycles. The van der Waals surface area contributed by atoms with Gasteiger partial charge in [-0.3, -0.25) is 9.78 Å². The first kappa shape index (κ1) is 14.5. The van der Waals surface area contributed by atoms with Crippen LogP contribution in [0, 0.1) is 0 Å². The molecule has 0 aliphatic rings. The second-order valence-electron chi connectivity index (χ2n) is 4.39. The molecule has 1 aromatic heterocycles. The summed E-state index contributed by atoms with van der Waals surface area (Å²) >= 11 is 5.98. The second-order valence-corrected chi connectivity index (χ2v) is 4.79. The minimum Gasteiger partial charge on any atom is -0.324 e. The first-order valence-corrected chi connectivity index (χ1v) is 6.73. The minimum absolute atomic E-state index is 0.00759. The first-order chi connectivity index (χ1) is 9.66. The van der Waals surface area contributed by atoms with Crippen LogP contribution in [-0.4, -0.2) is 17.4 Å². The molecule has 4 nitrogen and oxygen atoms in total. The van der Waals surface area contributed by atoms with Crippen LogP contribution in [0.25, 0.3) is 0 Å². The predicted octanol–water partition coefficient (Wildman–Crippen LogP) is 3.02. The molecule has 2 rings (SSSR count). The van der Waals surface area contributed by atoms with E-state index >= 15 is 0 Å². The van der Waals surface area contributed by atoms with E-state index in [1.807, 2.05) is 37.3 Å². The fourth-order valence-electron chi connectivity index (χ4n) is 1.74. The third-order valence-electron chi connectivity index (χ3n) is 2.85. The van der Waals surface area contributed by atoms with Crippen molar-refractivity contribution >= 4 is 23.2 Å². The topological polar surface area (TPSA) is 54.0 Å². The molecule has 0 bridgehead atoms. The van der Waals surface area contributed by atoms with E-state index in [1.165, 1.54) is 0 Å². The van der Waals surface area contributed by atoms with E-state index in [0.29, 0.717) is 10.7 Å². The molecule has 104 valence electrons. The summed E-state index contributed by atoms with van der Waals surface area (Å²) in [6, 6.07) is 12.9. The molecule has 0 radical (unpaired) electrons. The minimum atomic E-state index is -0.138. The van der Waals surface area contributed by atoms with Crippen molar-refractivity contribution < 1.29 is 4.79 Å². The number of aromatic nitrogens is 1. The Bertz CT molecular complexity index is 574. The highest BCUT2D eigenvalue weighted by Crippen LogP contribution is 2.20. The molecule has 1 amide bonds. The zero-order valence-electron chi connectivity index (χ0n) is 11.1. The van der Waals surface area contributed by atoms with Gasteiger partial charge >= 0.3 is 0 Å². The number of pyridine rings is 1. The van der Waals surface area contributed by atoms with Gasteiger partial charge in [-0.05, 0) is 31.2 Å². The van der Waals surface area contributed by atoms with Crippen molar-refractivity contribution in [1.82, 2.24) is 10.3 Å². The van der Waals surface area contributed by atoms with Crippen LogP contribution < -0.4 is 10.6 Å². The summed E-state index contributed by atoms with van der Waals surface area (Å²) < 4.78 is 0. The highest BCUT2D eigenvalue weighted by atomic mass is 35.5. The number of halogens is 1. The summed E-state index contributed by atoms with van der Waals surface area (Å²) in [6.45, 7) is 2.16. The largest absolute Gasteiger partial charge is 0.324 e. The normalized spacial score (nSPS) is 11.9. The standard InChI is InChI=1S/C15H16ClN3O/c1-11(13-7-4-5-9-17-13)18-10-15(20)19-14-8-3-2-6-12(14)16/h2-9,11,18H,10H2,1H3,(H,19,20)/t11-/m1/s1. The molecular formula is C15H16ClN3O. The Labute approximate surface area is 123 Å². The SMILES string of the molecule is C[C@@H](NCC(=O)Nc1ccccc1Cl)c1ccccn1. The van der Waals surface area contributed by atoms with Crippen LogP contribution in [0.4, 0.5) is 5.69 Å². The van der Waals surface area contributed by atoms with Crippen molar-refractivity contribution in [2.45, 2.75) is 13.0 Å². The highest BCUT2D eigenvalue weighted by molar-refractivity contribution is 6.33. The molecule has 1 heterocycles. The van der Waals surface area contributed by atoms with Gasteiger partial charge in [0.25, 0.3) is 0 Å². The van der Waals surface area contributed by atoms with Gasteiger partial charge in [0.1, 0.15) is 0 Å². The molecule has 2 aromatic rings. The Morgan fingerprint density at radius 1 is 1.25 bits per heavy atom. The lowest BCUT2D eigenvalue weighted by Gasteiger charge is -2.13. The molecule has 0 spiro atoms. The number of para-hydroxylation sites is 1. The highest BCUT2D eigenvalue weighted by Gasteiger charge is 2.09. The quantitative estimate of drug-likeness (QED) is 0.889. The summed E-state index contributed by atoms with van der Waals surface area (Å²) in [5, 5.41) is 6.41. The maximum absolute atomic E-state index is 11.8. The van der Waals surface area contributed by atoms with Crippen LogP contribution in [0.2, 0.25) is 5.02 Å². The Balaban J connectivity index is 1.85. The third kappa shape index (κ3) is 4.05. The summed E-state index contributed by atoms with van der Waals surface area (Å²) in [5.41, 5.74) is 1.52. The van der Waals surface area contributed by atoms with Crippen molar-refractivity contribution in [2.75, 3.05) is 11.9 Å². The van der Waals surface area contributed by atoms with E-state index < -0.39 is 0 Å². The Morgan fingerprint density at radius 2 is 2.00 bits per heavy atom. The molecule has 0 fully saturated rings. The zero-order valence-corrected chi connectivity index (χ0v) is 11.9. The van der Waals surface area contributed by atoms with E-state index in [9.17, 15) is 4.79 Å². The lowest BCUT2D eigenvalue weighted by Crippen LogP contribution is -2.30. The van der Waals surface area contributed by atoms with Gasteiger partial charge in [0.2, 0.25) is 5.91 Å². The van der Waals surface area contributed by atoms with Crippen LogP contribution in [0.15, 0.2) is 48.7 Å². The lowest BCUT2D eigenvalue weighted by molar-refractivity contribution is -0.115. The van der Waals surface area contributed by atoms with Gasteiger partial charge in [0.15, 0.2) is 0 Å². The van der Waals surface area contributed by atoms with Crippen LogP contribution in [0.5, 0.6) is 0 Å². The van der Waals surface area contributed by atoms with E-state index in [4.69, 9.17) is 11.6 Å². The van der Waals surface area contributed by atoms with Crippen molar-refractivity contribution in [1.29, 1.82) is 0 Å². The van der Waals surface area contributed by atoms with Gasteiger partial charge in [0, 0.05) is 12.2 Å². The van der Waals surface area contributed by atoms with E-state index in [-0.39, 0.29) is 18.5 Å². The molecule has 20 heavy (non-hydrogen) atoms. The Kier molecular flexibility index (Phi) is 5.09. The van der Waals surface area contributed by atoms with Crippen molar-refractivity contribution in [2.24, 2.45) is 0 Å². The summed E-state index contributed by atoms with van der Waals surface area (Å²) in [4.78, 5) is 16.1. The van der Waals surface area contributed by atoms with Crippen LogP contribution in [0.1, 0.15) is 18.7 Å². The molecular weight excluding hydrogens is 274 g/mol. The van der Waals surface area contributed by atoms with Crippen LogP contribution in [-0.2, 0) is 4.79 Å². The maximum Gasteiger partial charge on any atom is 0.238 e. The van der Waals surface area contributed by atoms with Crippen molar-refractivity contribution in [3.8, 4) is 0 Å². The number of amides is 1. The van der Waals surface area contributed by atoms with Gasteiger partial charge < -0.3 is 10.6 Å². The Hall–Kier alpha value is -1.91. The summed E-state index contributed by atoms with van der Waals surface area (Å²) in [5.74, 6) is -0.138. The number of nitrogens with zero attached hydrogens (tertiary/aromatic N) is 1. The van der Waals surface area contributed by atoms with Gasteiger partial charge in [-0.2, -0.15) is 0 Å². The molecule has 2 N–H and O–H groups in total. The summed E-state index contributed by atoms with van der Waals surface area (Å²) in [7, 11) is 0. The number of rotatable bonds is 5. The number of carbonyl (C=O) groups excluding carboxylic acids is 1. The van der Waals surface area contributed by atoms with E-state index in [2.05, 4.69) is 15.6 Å². The fraction of sp³-hybridized carbons (Fsp3) is 0.200. The average molecular weight is 290 g/mol. The molecule has 0 aliphatic heterocycles. The van der Waals surface area contributed by atoms with Gasteiger partial charge in [-0.15, -0.1) is 0 Å². The number of benzene rings is 1. The predicted molar refractivity (Wildman–Crippen MR) is 80.7 cm³/mol. The molecule has 0 aliphatic carbocycles. The number of nitrogens with one attached hydrogen (secondary N) is 2. The lowest BCUT2D eigenvalue weighted by atomic mass is 10.2. The maximum atomic E-state index is 11.8. The van der Waals surface area contributed by atoms with Gasteiger partial charge in [0.05, 0.1) is 22.9 Å². The first-order valence-electron chi connectivity index (χ1n) is 6.35. The molecule has 0 unspecified atom stereocenters. The number of hydrogen-bond donors (Lipinski definition) is 2. The second kappa shape index (κ2) is 7.03. The monoisotopic (exact) mass is 289 g/mol. The van der Waals surface area contributed by atoms with Crippen molar-refractivity contribution in [3.63, 3.8) is 0 Å². The van der Waals surface area contributed by atoms with Crippen molar-refractivity contribution in [3.05, 3.63) is 59.4 Å². The average Bonchev–Trinajstić information content (AvgIpc) is 2.48. The number of anilines is 1. The van der Waals surface area contributed by atoms with Gasteiger partial charge in [-0.25, -0.2) is 0 Å². The van der Waals surface area contributed by atoms with E-state index in [0.717, 1.165) is 5.69 Å². The third-order valence-corrected chi connectivity index (χ3v) is 3.18. The Morgan fingerprint density at radius 3 is 2.70 bits per heavy atom. The summed E-state index contributed by atoms with van der Waals surface area (Å²) in [6.07, 6.45) is 1.73. The van der Waals surface area contributed by atoms with Crippen LogP contribution >= 0.6 is 11.6 Å². The number of carbonyl (C=O) groups is 1. The molecule has 1 atom stereocenters. The van der Waals surface area contributed by atoms with Gasteiger partial charge in [-0.1, -0.05) is 29.8 Å². The van der Waals surface area contributed by atoms with Crippen LogP contribution in [0.3, 0.4) is 0 Å². The smallest absolute Gasteiger partial charge is 0.238 e. The zero-order chi connectivity index (χ0) is 14.4.